The highest BCUT2D eigenvalue weighted by Crippen LogP contribution is 2.34. The van der Waals surface area contributed by atoms with Gasteiger partial charge in [0, 0.05) is 19.6 Å². The van der Waals surface area contributed by atoms with Gasteiger partial charge in [-0.1, -0.05) is 70.1 Å². The average molecular weight is 425 g/mol. The van der Waals surface area contributed by atoms with Crippen LogP contribution < -0.4 is 0 Å². The van der Waals surface area contributed by atoms with Crippen LogP contribution in [0.15, 0.2) is 23.9 Å². The second-order valence-corrected chi connectivity index (χ2v) is 9.31. The topological polar surface area (TPSA) is 40.6 Å². The number of hydrogen-bond acceptors (Lipinski definition) is 3. The summed E-state index contributed by atoms with van der Waals surface area (Å²) in [5.74, 6) is -0.181. The summed E-state index contributed by atoms with van der Waals surface area (Å²) in [7, 11) is 0. The van der Waals surface area contributed by atoms with Gasteiger partial charge in [-0.2, -0.15) is 0 Å². The van der Waals surface area contributed by atoms with Crippen LogP contribution in [0, 0.1) is 13.8 Å². The third kappa shape index (κ3) is 5.78. The SMILES string of the molecule is CCCCCCCCCCN1C(=O)C(c2ccc(C)c(C)c2)=C(N2CCCCC2)C1=O. The zero-order chi connectivity index (χ0) is 22.2. The molecule has 0 unspecified atom stereocenters. The lowest BCUT2D eigenvalue weighted by Gasteiger charge is -2.29. The molecule has 0 aromatic heterocycles. The third-order valence-electron chi connectivity index (χ3n) is 6.85. The van der Waals surface area contributed by atoms with E-state index in [2.05, 4.69) is 37.8 Å². The van der Waals surface area contributed by atoms with Gasteiger partial charge in [-0.3, -0.25) is 14.5 Å². The minimum absolute atomic E-state index is 0.0805. The third-order valence-corrected chi connectivity index (χ3v) is 6.85. The number of imide groups is 1. The van der Waals surface area contributed by atoms with Crippen molar-refractivity contribution in [2.24, 2.45) is 0 Å². The lowest BCUT2D eigenvalue weighted by atomic mass is 9.98. The van der Waals surface area contributed by atoms with Crippen LogP contribution in [0.5, 0.6) is 0 Å². The number of amides is 2. The van der Waals surface area contributed by atoms with Gasteiger partial charge in [0.25, 0.3) is 11.8 Å². The smallest absolute Gasteiger partial charge is 0.277 e. The maximum Gasteiger partial charge on any atom is 0.277 e. The molecule has 1 aromatic carbocycles. The molecule has 170 valence electrons. The van der Waals surface area contributed by atoms with Gasteiger partial charge in [-0.25, -0.2) is 0 Å². The van der Waals surface area contributed by atoms with Gasteiger partial charge in [0.05, 0.1) is 5.57 Å². The fourth-order valence-corrected chi connectivity index (χ4v) is 4.74. The maximum atomic E-state index is 13.4. The number of carbonyl (C=O) groups excluding carboxylic acids is 2. The molecule has 0 saturated carbocycles. The molecule has 0 spiro atoms. The molecule has 0 N–H and O–H groups in total. The molecule has 4 nitrogen and oxygen atoms in total. The van der Waals surface area contributed by atoms with Crippen LogP contribution in [-0.2, 0) is 9.59 Å². The van der Waals surface area contributed by atoms with Crippen molar-refractivity contribution in [2.45, 2.75) is 91.4 Å². The Kier molecular flexibility index (Phi) is 8.74. The van der Waals surface area contributed by atoms with E-state index in [4.69, 9.17) is 0 Å². The predicted octanol–water partition coefficient (Wildman–Crippen LogP) is 6.01. The summed E-state index contributed by atoms with van der Waals surface area (Å²) in [5.41, 5.74) is 4.52. The lowest BCUT2D eigenvalue weighted by molar-refractivity contribution is -0.137. The number of carbonyl (C=O) groups is 2. The lowest BCUT2D eigenvalue weighted by Crippen LogP contribution is -2.37. The average Bonchev–Trinajstić information content (AvgIpc) is 3.02. The normalized spacial score (nSPS) is 17.3. The monoisotopic (exact) mass is 424 g/mol. The van der Waals surface area contributed by atoms with Crippen molar-refractivity contribution in [2.75, 3.05) is 19.6 Å². The predicted molar refractivity (Wildman–Crippen MR) is 128 cm³/mol. The van der Waals surface area contributed by atoms with Gasteiger partial charge in [-0.05, 0) is 56.2 Å². The fraction of sp³-hybridized carbons (Fsp3) is 0.630. The molecule has 1 saturated heterocycles. The van der Waals surface area contributed by atoms with E-state index in [1.54, 1.807) is 0 Å². The Labute approximate surface area is 188 Å². The first-order chi connectivity index (χ1) is 15.0. The molecular formula is C27H40N2O2. The van der Waals surface area contributed by atoms with Gasteiger partial charge in [0.2, 0.25) is 0 Å². The molecule has 2 amide bonds. The van der Waals surface area contributed by atoms with Crippen molar-refractivity contribution in [1.82, 2.24) is 9.80 Å². The fourth-order valence-electron chi connectivity index (χ4n) is 4.74. The van der Waals surface area contributed by atoms with E-state index >= 15 is 0 Å². The number of hydrogen-bond donors (Lipinski definition) is 0. The Morgan fingerprint density at radius 1 is 0.774 bits per heavy atom. The highest BCUT2D eigenvalue weighted by atomic mass is 16.2. The molecule has 2 aliphatic rings. The maximum absolute atomic E-state index is 13.4. The van der Waals surface area contributed by atoms with E-state index in [0.29, 0.717) is 17.8 Å². The van der Waals surface area contributed by atoms with Crippen LogP contribution in [-0.4, -0.2) is 41.2 Å². The highest BCUT2D eigenvalue weighted by molar-refractivity contribution is 6.35. The summed E-state index contributed by atoms with van der Waals surface area (Å²) in [6, 6.07) is 6.14. The van der Waals surface area contributed by atoms with Gasteiger partial charge >= 0.3 is 0 Å². The Morgan fingerprint density at radius 3 is 2.06 bits per heavy atom. The molecule has 1 aromatic rings. The molecule has 0 atom stereocenters. The summed E-state index contributed by atoms with van der Waals surface area (Å²) in [5, 5.41) is 0. The molecule has 0 radical (unpaired) electrons. The minimum Gasteiger partial charge on any atom is -0.366 e. The zero-order valence-electron chi connectivity index (χ0n) is 19.8. The first-order valence-electron chi connectivity index (χ1n) is 12.5. The van der Waals surface area contributed by atoms with Crippen molar-refractivity contribution in [3.8, 4) is 0 Å². The van der Waals surface area contributed by atoms with Gasteiger partial charge in [0.1, 0.15) is 5.70 Å². The summed E-state index contributed by atoms with van der Waals surface area (Å²) in [6.07, 6.45) is 13.0. The van der Waals surface area contributed by atoms with Gasteiger partial charge < -0.3 is 4.90 Å². The first kappa shape index (κ1) is 23.6. The van der Waals surface area contributed by atoms with Crippen LogP contribution >= 0.6 is 0 Å². The Hall–Kier alpha value is -2.10. The largest absolute Gasteiger partial charge is 0.366 e. The molecule has 4 heteroatoms. The standard InChI is InChI=1S/C27H40N2O2/c1-4-5-6-7-8-9-10-14-19-29-26(30)24(23-16-15-21(2)22(3)20-23)25(27(29)31)28-17-12-11-13-18-28/h15-16,20H,4-14,17-19H2,1-3H3. The molecule has 2 heterocycles. The second-order valence-electron chi connectivity index (χ2n) is 9.31. The molecule has 0 aliphatic carbocycles. The van der Waals surface area contributed by atoms with Crippen molar-refractivity contribution >= 4 is 17.4 Å². The molecule has 0 bridgehead atoms. The van der Waals surface area contributed by atoms with Crippen molar-refractivity contribution < 1.29 is 9.59 Å². The van der Waals surface area contributed by atoms with Crippen molar-refractivity contribution in [1.29, 1.82) is 0 Å². The highest BCUT2D eigenvalue weighted by Gasteiger charge is 2.41. The van der Waals surface area contributed by atoms with Crippen LogP contribution in [0.4, 0.5) is 0 Å². The van der Waals surface area contributed by atoms with Crippen LogP contribution in [0.25, 0.3) is 5.57 Å². The number of rotatable bonds is 11. The summed E-state index contributed by atoms with van der Waals surface area (Å²) in [6.45, 7) is 8.66. The molecular weight excluding hydrogens is 384 g/mol. The number of unbranched alkanes of at least 4 members (excludes halogenated alkanes) is 7. The Morgan fingerprint density at radius 2 is 1.42 bits per heavy atom. The van der Waals surface area contributed by atoms with E-state index in [-0.39, 0.29) is 11.8 Å². The number of piperidine rings is 1. The molecule has 31 heavy (non-hydrogen) atoms. The van der Waals surface area contributed by atoms with Crippen LogP contribution in [0.2, 0.25) is 0 Å². The van der Waals surface area contributed by atoms with Crippen LogP contribution in [0.3, 0.4) is 0 Å². The summed E-state index contributed by atoms with van der Waals surface area (Å²) >= 11 is 0. The van der Waals surface area contributed by atoms with E-state index in [1.165, 1.54) is 55.4 Å². The van der Waals surface area contributed by atoms with Crippen molar-refractivity contribution in [3.63, 3.8) is 0 Å². The summed E-state index contributed by atoms with van der Waals surface area (Å²) in [4.78, 5) is 30.5. The number of nitrogens with zero attached hydrogens (tertiary/aromatic N) is 2. The summed E-state index contributed by atoms with van der Waals surface area (Å²) < 4.78 is 0. The van der Waals surface area contributed by atoms with E-state index in [1.807, 2.05) is 6.07 Å². The number of aryl methyl sites for hydroxylation is 2. The van der Waals surface area contributed by atoms with Crippen LogP contribution in [0.1, 0.15) is 94.2 Å². The van der Waals surface area contributed by atoms with Crippen molar-refractivity contribution in [3.05, 3.63) is 40.6 Å². The molecule has 2 aliphatic heterocycles. The van der Waals surface area contributed by atoms with E-state index in [9.17, 15) is 9.59 Å². The zero-order valence-corrected chi connectivity index (χ0v) is 19.8. The van der Waals surface area contributed by atoms with E-state index < -0.39 is 0 Å². The van der Waals surface area contributed by atoms with E-state index in [0.717, 1.165) is 49.9 Å². The number of likely N-dealkylation sites (tertiary alicyclic amines) is 1. The molecule has 1 fully saturated rings. The molecule has 3 rings (SSSR count). The van der Waals surface area contributed by atoms with Gasteiger partial charge in [-0.15, -0.1) is 0 Å². The Balaban J connectivity index is 1.70. The Bertz CT molecular complexity index is 805. The quantitative estimate of drug-likeness (QED) is 0.323. The second kappa shape index (κ2) is 11.5. The van der Waals surface area contributed by atoms with Gasteiger partial charge in [0.15, 0.2) is 0 Å². The number of benzene rings is 1. The minimum atomic E-state index is -0.100. The first-order valence-corrected chi connectivity index (χ1v) is 12.5.